The zero-order valence-corrected chi connectivity index (χ0v) is 8.00. The fourth-order valence-electron chi connectivity index (χ4n) is 1.63. The van der Waals surface area contributed by atoms with Gasteiger partial charge in [0.1, 0.15) is 7.00 Å². The van der Waals surface area contributed by atoms with Crippen molar-refractivity contribution in [3.63, 3.8) is 0 Å². The Morgan fingerprint density at radius 2 is 1.40 bits per heavy atom. The molecule has 0 N–H and O–H groups in total. The molecule has 0 unspecified atom stereocenters. The summed E-state index contributed by atoms with van der Waals surface area (Å²) in [5.74, 6) is 0. The van der Waals surface area contributed by atoms with Crippen molar-refractivity contribution in [2.75, 3.05) is 12.3 Å². The first kappa shape index (κ1) is 8.59. The summed E-state index contributed by atoms with van der Waals surface area (Å²) in [5.41, 5.74) is 0. The van der Waals surface area contributed by atoms with Crippen molar-refractivity contribution in [2.45, 2.75) is 38.9 Å². The molecule has 0 nitrogen and oxygen atoms in total. The van der Waals surface area contributed by atoms with Crippen LogP contribution in [0.5, 0.6) is 0 Å². The largest absolute Gasteiger partial charge is 0.149 e. The van der Waals surface area contributed by atoms with Gasteiger partial charge in [-0.05, 0) is 12.3 Å². The Kier molecular flexibility index (Phi) is 4.45. The van der Waals surface area contributed by atoms with Gasteiger partial charge in [-0.2, -0.15) is 0 Å². The van der Waals surface area contributed by atoms with E-state index >= 15 is 0 Å². The molecule has 0 saturated carbocycles. The molecule has 0 aliphatic carbocycles. The fraction of sp³-hybridized carbons (Fsp3) is 1.00. The van der Waals surface area contributed by atoms with E-state index in [-0.39, 0.29) is 0 Å². The van der Waals surface area contributed by atoms with Gasteiger partial charge < -0.3 is 0 Å². The van der Waals surface area contributed by atoms with Crippen LogP contribution >= 0.6 is 7.80 Å². The van der Waals surface area contributed by atoms with Crippen LogP contribution < -0.4 is 0 Å². The number of rotatable bonds is 1. The SMILES string of the molecule is CBP1CCCCCCC1. The average molecular weight is 156 g/mol. The Bertz CT molecular complexity index is 77.3. The van der Waals surface area contributed by atoms with Gasteiger partial charge >= 0.3 is 0 Å². The lowest BCUT2D eigenvalue weighted by atomic mass is 10.2. The van der Waals surface area contributed by atoms with Gasteiger partial charge in [0.2, 0.25) is 0 Å². The highest BCUT2D eigenvalue weighted by Crippen LogP contribution is 2.37. The molecule has 0 spiro atoms. The van der Waals surface area contributed by atoms with E-state index in [9.17, 15) is 0 Å². The normalized spacial score (nSPS) is 23.3. The molecule has 0 aromatic heterocycles. The van der Waals surface area contributed by atoms with Gasteiger partial charge in [0.15, 0.2) is 0 Å². The second-order valence-electron chi connectivity index (χ2n) is 3.20. The molecule has 0 aromatic rings. The minimum absolute atomic E-state index is 0.487. The van der Waals surface area contributed by atoms with Crippen LogP contribution in [0.2, 0.25) is 6.82 Å². The van der Waals surface area contributed by atoms with E-state index < -0.39 is 0 Å². The Morgan fingerprint density at radius 1 is 0.900 bits per heavy atom. The topological polar surface area (TPSA) is 0 Å². The summed E-state index contributed by atoms with van der Waals surface area (Å²) in [7, 11) is 0.487. The molecule has 1 rings (SSSR count). The smallest absolute Gasteiger partial charge is 0.145 e. The molecule has 0 atom stereocenters. The monoisotopic (exact) mass is 156 g/mol. The van der Waals surface area contributed by atoms with E-state index in [1.165, 1.54) is 39.1 Å². The minimum Gasteiger partial charge on any atom is -0.145 e. The average Bonchev–Trinajstić information content (AvgIpc) is 1.87. The molecule has 10 heavy (non-hydrogen) atoms. The zero-order chi connectivity index (χ0) is 7.23. The van der Waals surface area contributed by atoms with Gasteiger partial charge in [0, 0.05) is 0 Å². The van der Waals surface area contributed by atoms with Crippen molar-refractivity contribution >= 4 is 14.8 Å². The highest BCUT2D eigenvalue weighted by atomic mass is 31.1. The summed E-state index contributed by atoms with van der Waals surface area (Å²) in [4.78, 5) is 0. The second kappa shape index (κ2) is 5.19. The van der Waals surface area contributed by atoms with Crippen LogP contribution in [0.25, 0.3) is 0 Å². The van der Waals surface area contributed by atoms with Crippen LogP contribution in [0, 0.1) is 0 Å². The standard InChI is InChI=1S/C8H18BP/c1-9-10-7-5-3-2-4-6-8-10/h9H,2-8H2,1H3. The molecular weight excluding hydrogens is 138 g/mol. The van der Waals surface area contributed by atoms with Crippen molar-refractivity contribution in [3.8, 4) is 0 Å². The van der Waals surface area contributed by atoms with E-state index in [4.69, 9.17) is 0 Å². The first-order valence-corrected chi connectivity index (χ1v) is 6.55. The maximum atomic E-state index is 2.37. The molecule has 1 saturated heterocycles. The maximum Gasteiger partial charge on any atom is 0.149 e. The molecule has 0 radical (unpaired) electrons. The second-order valence-corrected chi connectivity index (χ2v) is 6.07. The van der Waals surface area contributed by atoms with Crippen LogP contribution in [0.3, 0.4) is 0 Å². The third kappa shape index (κ3) is 3.06. The molecule has 2 heteroatoms. The van der Waals surface area contributed by atoms with E-state index in [0.717, 1.165) is 0 Å². The highest BCUT2D eigenvalue weighted by Gasteiger charge is 2.07. The van der Waals surface area contributed by atoms with Crippen LogP contribution in [0.15, 0.2) is 0 Å². The first-order chi connectivity index (χ1) is 4.93. The summed E-state index contributed by atoms with van der Waals surface area (Å²) < 4.78 is 0. The van der Waals surface area contributed by atoms with Crippen LogP contribution in [0.4, 0.5) is 0 Å². The predicted molar refractivity (Wildman–Crippen MR) is 52.8 cm³/mol. The van der Waals surface area contributed by atoms with Crippen molar-refractivity contribution in [3.05, 3.63) is 0 Å². The lowest BCUT2D eigenvalue weighted by Gasteiger charge is -2.17. The van der Waals surface area contributed by atoms with Gasteiger partial charge in [-0.15, -0.1) is 7.80 Å². The predicted octanol–water partition coefficient (Wildman–Crippen LogP) is 2.83. The van der Waals surface area contributed by atoms with E-state index in [0.29, 0.717) is 7.80 Å². The van der Waals surface area contributed by atoms with Gasteiger partial charge in [-0.25, -0.2) is 0 Å². The van der Waals surface area contributed by atoms with Crippen LogP contribution in [0.1, 0.15) is 32.1 Å². The quantitative estimate of drug-likeness (QED) is 0.404. The molecular formula is C8H18BP. The third-order valence-corrected chi connectivity index (χ3v) is 5.19. The number of hydrogen-bond donors (Lipinski definition) is 0. The molecule has 1 heterocycles. The Hall–Kier alpha value is 0.495. The summed E-state index contributed by atoms with van der Waals surface area (Å²) >= 11 is 0. The van der Waals surface area contributed by atoms with Crippen molar-refractivity contribution in [1.82, 2.24) is 0 Å². The van der Waals surface area contributed by atoms with Gasteiger partial charge in [0.25, 0.3) is 0 Å². The molecule has 1 aliphatic heterocycles. The van der Waals surface area contributed by atoms with Crippen molar-refractivity contribution < 1.29 is 0 Å². The van der Waals surface area contributed by atoms with Gasteiger partial charge in [-0.3, -0.25) is 0 Å². The summed E-state index contributed by atoms with van der Waals surface area (Å²) in [6.07, 6.45) is 10.7. The molecule has 1 fully saturated rings. The van der Waals surface area contributed by atoms with Crippen molar-refractivity contribution in [1.29, 1.82) is 0 Å². The highest BCUT2D eigenvalue weighted by molar-refractivity contribution is 7.85. The molecule has 0 amide bonds. The Labute approximate surface area is 66.7 Å². The molecule has 58 valence electrons. The summed E-state index contributed by atoms with van der Waals surface area (Å²) in [6.45, 7) is 3.85. The Balaban J connectivity index is 2.16. The molecule has 1 aliphatic rings. The van der Waals surface area contributed by atoms with Crippen LogP contribution in [-0.2, 0) is 0 Å². The summed E-state index contributed by atoms with van der Waals surface area (Å²) in [6, 6.07) is 0. The van der Waals surface area contributed by atoms with E-state index in [1.807, 2.05) is 0 Å². The van der Waals surface area contributed by atoms with Gasteiger partial charge in [0.05, 0.1) is 0 Å². The van der Waals surface area contributed by atoms with E-state index in [1.54, 1.807) is 12.3 Å². The number of hydrogen-bond acceptors (Lipinski definition) is 0. The van der Waals surface area contributed by atoms with Crippen molar-refractivity contribution in [2.24, 2.45) is 0 Å². The van der Waals surface area contributed by atoms with E-state index in [2.05, 4.69) is 6.82 Å². The third-order valence-electron chi connectivity index (χ3n) is 2.40. The minimum atomic E-state index is 0.487. The molecule has 0 bridgehead atoms. The first-order valence-electron chi connectivity index (χ1n) is 4.66. The molecule has 0 aromatic carbocycles. The van der Waals surface area contributed by atoms with Crippen LogP contribution in [-0.4, -0.2) is 19.3 Å². The Morgan fingerprint density at radius 3 is 1.90 bits per heavy atom. The lowest BCUT2D eigenvalue weighted by molar-refractivity contribution is 0.650. The van der Waals surface area contributed by atoms with Gasteiger partial charge in [-0.1, -0.05) is 38.9 Å². The maximum absolute atomic E-state index is 2.37. The zero-order valence-electron chi connectivity index (χ0n) is 7.10. The lowest BCUT2D eigenvalue weighted by Crippen LogP contribution is -1.99. The summed E-state index contributed by atoms with van der Waals surface area (Å²) in [5, 5.41) is 0. The fourth-order valence-corrected chi connectivity index (χ4v) is 3.83.